The Hall–Kier alpha value is -4.09. The molecule has 31 heavy (non-hydrogen) atoms. The second-order valence-corrected chi connectivity index (χ2v) is 7.74. The van der Waals surface area contributed by atoms with Crippen molar-refractivity contribution in [2.75, 3.05) is 12.1 Å². The predicted octanol–water partition coefficient (Wildman–Crippen LogP) is 4.93. The first-order valence-corrected chi connectivity index (χ1v) is 10.3. The minimum atomic E-state index is -0.394. The molecule has 2 aromatic carbocycles. The van der Waals surface area contributed by atoms with Gasteiger partial charge in [-0.05, 0) is 42.8 Å². The Labute approximate surface area is 180 Å². The molecule has 5 rings (SSSR count). The van der Waals surface area contributed by atoms with Crippen LogP contribution in [0.15, 0.2) is 63.3 Å². The summed E-state index contributed by atoms with van der Waals surface area (Å²) < 4.78 is 16.0. The lowest BCUT2D eigenvalue weighted by atomic mass is 10.1. The van der Waals surface area contributed by atoms with Crippen molar-refractivity contribution in [3.8, 4) is 28.8 Å². The molecule has 0 radical (unpaired) electrons. The van der Waals surface area contributed by atoms with Crippen LogP contribution in [0.5, 0.6) is 11.5 Å². The van der Waals surface area contributed by atoms with Gasteiger partial charge >= 0.3 is 5.63 Å². The topological polar surface area (TPSA) is 97.4 Å². The summed E-state index contributed by atoms with van der Waals surface area (Å²) in [6, 6.07) is 14.7. The van der Waals surface area contributed by atoms with Gasteiger partial charge in [0, 0.05) is 40.3 Å². The van der Waals surface area contributed by atoms with Crippen molar-refractivity contribution in [1.29, 1.82) is 5.26 Å². The van der Waals surface area contributed by atoms with Crippen molar-refractivity contribution in [3.05, 3.63) is 75.0 Å². The summed E-state index contributed by atoms with van der Waals surface area (Å²) in [5, 5.41) is 16.1. The van der Waals surface area contributed by atoms with Crippen molar-refractivity contribution < 1.29 is 13.9 Å². The zero-order valence-corrected chi connectivity index (χ0v) is 17.2. The number of benzene rings is 2. The number of aryl methyl sites for hydroxylation is 1. The molecule has 1 N–H and O–H groups in total. The van der Waals surface area contributed by atoms with E-state index in [0.29, 0.717) is 33.4 Å². The number of nitriles is 1. The lowest BCUT2D eigenvalue weighted by Crippen LogP contribution is -1.98. The molecule has 0 fully saturated rings. The Balaban J connectivity index is 1.41. The predicted molar refractivity (Wildman–Crippen MR) is 118 cm³/mol. The number of anilines is 1. The lowest BCUT2D eigenvalue weighted by Gasteiger charge is -2.05. The largest absolute Gasteiger partial charge is 0.454 e. The third-order valence-electron chi connectivity index (χ3n) is 4.86. The van der Waals surface area contributed by atoms with E-state index < -0.39 is 5.63 Å². The highest BCUT2D eigenvalue weighted by molar-refractivity contribution is 7.11. The van der Waals surface area contributed by atoms with Crippen LogP contribution >= 0.6 is 11.3 Å². The zero-order valence-electron chi connectivity index (χ0n) is 16.3. The minimum Gasteiger partial charge on any atom is -0.454 e. The molecular formula is C23H15N3O4S. The van der Waals surface area contributed by atoms with Gasteiger partial charge in [0.2, 0.25) is 6.79 Å². The van der Waals surface area contributed by atoms with Gasteiger partial charge in [-0.25, -0.2) is 9.78 Å². The molecule has 7 nitrogen and oxygen atoms in total. The highest BCUT2D eigenvalue weighted by Crippen LogP contribution is 2.36. The molecule has 152 valence electrons. The Morgan fingerprint density at radius 3 is 2.94 bits per heavy atom. The fraction of sp³-hybridized carbons (Fsp3) is 0.0870. The van der Waals surface area contributed by atoms with Crippen molar-refractivity contribution in [2.24, 2.45) is 0 Å². The van der Waals surface area contributed by atoms with Gasteiger partial charge in [0.05, 0.1) is 5.69 Å². The highest BCUT2D eigenvalue weighted by atomic mass is 32.1. The second kappa shape index (κ2) is 7.63. The van der Waals surface area contributed by atoms with Crippen molar-refractivity contribution in [2.45, 2.75) is 6.92 Å². The van der Waals surface area contributed by atoms with Crippen molar-refractivity contribution in [3.63, 3.8) is 0 Å². The van der Waals surface area contributed by atoms with Gasteiger partial charge in [-0.1, -0.05) is 0 Å². The molecule has 0 atom stereocenters. The Morgan fingerprint density at radius 1 is 1.19 bits per heavy atom. The third kappa shape index (κ3) is 3.63. The molecule has 1 aliphatic heterocycles. The van der Waals surface area contributed by atoms with E-state index in [1.807, 2.05) is 42.6 Å². The quantitative estimate of drug-likeness (QED) is 0.363. The maximum Gasteiger partial charge on any atom is 0.336 e. The molecule has 2 aromatic heterocycles. The standard InChI is InChI=1S/C23H15N3O4S/c1-13-6-22(27)30-20-8-16(3-4-17(13)20)25-10-15(9-24)23-26-18(11-31-23)14-2-5-19-21(7-14)29-12-28-19/h2-8,10-11,25H,12H2,1H3. The number of hydrogen-bond donors (Lipinski definition) is 1. The van der Waals surface area contributed by atoms with Gasteiger partial charge in [-0.2, -0.15) is 5.26 Å². The molecule has 0 amide bonds. The fourth-order valence-corrected chi connectivity index (χ4v) is 4.09. The van der Waals surface area contributed by atoms with Gasteiger partial charge in [-0.15, -0.1) is 11.3 Å². The van der Waals surface area contributed by atoms with E-state index in [4.69, 9.17) is 13.9 Å². The van der Waals surface area contributed by atoms with Gasteiger partial charge < -0.3 is 19.2 Å². The SMILES string of the molecule is Cc1cc(=O)oc2cc(NC=C(C#N)c3nc(-c4ccc5c(c4)OCO5)cs3)ccc12. The summed E-state index contributed by atoms with van der Waals surface area (Å²) in [7, 11) is 0. The second-order valence-electron chi connectivity index (χ2n) is 6.88. The Bertz CT molecular complexity index is 1450. The number of rotatable bonds is 4. The normalized spacial score (nSPS) is 12.7. The first-order valence-electron chi connectivity index (χ1n) is 9.38. The van der Waals surface area contributed by atoms with Crippen LogP contribution in [0.3, 0.4) is 0 Å². The van der Waals surface area contributed by atoms with Gasteiger partial charge in [0.25, 0.3) is 0 Å². The van der Waals surface area contributed by atoms with Crippen LogP contribution in [0.2, 0.25) is 0 Å². The summed E-state index contributed by atoms with van der Waals surface area (Å²) in [6.07, 6.45) is 1.59. The van der Waals surface area contributed by atoms with E-state index in [1.54, 1.807) is 12.3 Å². The van der Waals surface area contributed by atoms with E-state index >= 15 is 0 Å². The summed E-state index contributed by atoms with van der Waals surface area (Å²) in [4.78, 5) is 16.2. The fourth-order valence-electron chi connectivity index (χ4n) is 3.30. The number of allylic oxidation sites excluding steroid dienone is 1. The van der Waals surface area contributed by atoms with Crippen LogP contribution < -0.4 is 20.4 Å². The number of thiazole rings is 1. The number of aromatic nitrogens is 1. The van der Waals surface area contributed by atoms with Crippen molar-refractivity contribution in [1.82, 2.24) is 4.98 Å². The summed E-state index contributed by atoms with van der Waals surface area (Å²) in [6.45, 7) is 2.08. The monoisotopic (exact) mass is 429 g/mol. The maximum atomic E-state index is 11.6. The maximum absolute atomic E-state index is 11.6. The molecule has 0 unspecified atom stereocenters. The first-order chi connectivity index (χ1) is 15.1. The average Bonchev–Trinajstić information content (AvgIpc) is 3.43. The lowest BCUT2D eigenvalue weighted by molar-refractivity contribution is 0.174. The molecule has 3 heterocycles. The molecule has 0 saturated carbocycles. The Kier molecular flexibility index (Phi) is 4.65. The molecule has 0 saturated heterocycles. The number of ether oxygens (including phenoxy) is 2. The van der Waals surface area contributed by atoms with Crippen LogP contribution in [-0.4, -0.2) is 11.8 Å². The van der Waals surface area contributed by atoms with E-state index in [9.17, 15) is 10.1 Å². The highest BCUT2D eigenvalue weighted by Gasteiger charge is 2.16. The average molecular weight is 429 g/mol. The molecule has 0 aliphatic carbocycles. The molecular weight excluding hydrogens is 414 g/mol. The van der Waals surface area contributed by atoms with Crippen LogP contribution in [-0.2, 0) is 0 Å². The third-order valence-corrected chi connectivity index (χ3v) is 5.73. The summed E-state index contributed by atoms with van der Waals surface area (Å²) in [5.41, 5.74) is 3.67. The Morgan fingerprint density at radius 2 is 2.06 bits per heavy atom. The van der Waals surface area contributed by atoms with E-state index in [2.05, 4.69) is 16.4 Å². The van der Waals surface area contributed by atoms with Crippen LogP contribution in [0.1, 0.15) is 10.6 Å². The van der Waals surface area contributed by atoms with Crippen LogP contribution in [0.4, 0.5) is 5.69 Å². The van der Waals surface area contributed by atoms with E-state index in [0.717, 1.165) is 22.2 Å². The number of fused-ring (bicyclic) bond motifs is 2. The van der Waals surface area contributed by atoms with Crippen LogP contribution in [0.25, 0.3) is 27.8 Å². The molecule has 8 heteroatoms. The van der Waals surface area contributed by atoms with Crippen LogP contribution in [0, 0.1) is 18.3 Å². The number of nitrogens with one attached hydrogen (secondary N) is 1. The number of nitrogens with zero attached hydrogens (tertiary/aromatic N) is 2. The summed E-state index contributed by atoms with van der Waals surface area (Å²) >= 11 is 1.38. The molecule has 0 bridgehead atoms. The molecule has 1 aliphatic rings. The zero-order chi connectivity index (χ0) is 21.4. The van der Waals surface area contributed by atoms with Gasteiger partial charge in [-0.3, -0.25) is 0 Å². The smallest absolute Gasteiger partial charge is 0.336 e. The first kappa shape index (κ1) is 18.9. The van der Waals surface area contributed by atoms with Gasteiger partial charge in [0.1, 0.15) is 22.2 Å². The van der Waals surface area contributed by atoms with Gasteiger partial charge in [0.15, 0.2) is 11.5 Å². The molecule has 4 aromatic rings. The summed E-state index contributed by atoms with van der Waals surface area (Å²) in [5.74, 6) is 1.39. The van der Waals surface area contributed by atoms with Crippen molar-refractivity contribution >= 4 is 33.6 Å². The van der Waals surface area contributed by atoms with E-state index in [1.165, 1.54) is 17.4 Å². The van der Waals surface area contributed by atoms with E-state index in [-0.39, 0.29) is 6.79 Å². The minimum absolute atomic E-state index is 0.214. The molecule has 0 spiro atoms. The number of hydrogen-bond acceptors (Lipinski definition) is 8.